The van der Waals surface area contributed by atoms with Crippen molar-refractivity contribution in [1.82, 2.24) is 9.78 Å². The number of nitrogens with zero attached hydrogens (tertiary/aromatic N) is 2. The molecule has 15 heavy (non-hydrogen) atoms. The van der Waals surface area contributed by atoms with Crippen molar-refractivity contribution < 1.29 is 9.53 Å². The van der Waals surface area contributed by atoms with Gasteiger partial charge in [0.05, 0.1) is 18.3 Å². The van der Waals surface area contributed by atoms with Gasteiger partial charge in [0.2, 0.25) is 0 Å². The third-order valence-electron chi connectivity index (χ3n) is 2.76. The van der Waals surface area contributed by atoms with Gasteiger partial charge in [0.1, 0.15) is 5.69 Å². The van der Waals surface area contributed by atoms with Crippen LogP contribution in [-0.4, -0.2) is 22.4 Å². The molecule has 1 aliphatic rings. The van der Waals surface area contributed by atoms with Gasteiger partial charge in [0, 0.05) is 0 Å². The molecular weight excluding hydrogens is 192 g/mol. The Kier molecular flexibility index (Phi) is 2.75. The van der Waals surface area contributed by atoms with E-state index in [2.05, 4.69) is 5.10 Å². The van der Waals surface area contributed by atoms with Crippen LogP contribution in [0.5, 0.6) is 0 Å². The van der Waals surface area contributed by atoms with E-state index in [-0.39, 0.29) is 5.97 Å². The van der Waals surface area contributed by atoms with Gasteiger partial charge in [-0.2, -0.15) is 5.10 Å². The molecule has 1 saturated carbocycles. The summed E-state index contributed by atoms with van der Waals surface area (Å²) >= 11 is 0. The largest absolute Gasteiger partial charge is 0.461 e. The fourth-order valence-electron chi connectivity index (χ4n) is 1.78. The normalized spacial score (nSPS) is 16.1. The summed E-state index contributed by atoms with van der Waals surface area (Å²) in [6, 6.07) is 2.20. The highest BCUT2D eigenvalue weighted by Crippen LogP contribution is 2.32. The molecule has 0 saturated heterocycles. The van der Waals surface area contributed by atoms with Crippen LogP contribution >= 0.6 is 0 Å². The third kappa shape index (κ3) is 1.89. The molecule has 1 aromatic rings. The summed E-state index contributed by atoms with van der Waals surface area (Å²) in [5.74, 6) is -0.259. The summed E-state index contributed by atoms with van der Waals surface area (Å²) in [4.78, 5) is 11.6. The Morgan fingerprint density at radius 1 is 1.67 bits per heavy atom. The van der Waals surface area contributed by atoms with Crippen molar-refractivity contribution in [1.29, 1.82) is 0 Å². The van der Waals surface area contributed by atoms with E-state index in [1.165, 1.54) is 6.42 Å². The molecule has 0 atom stereocenters. The maximum absolute atomic E-state index is 11.6. The van der Waals surface area contributed by atoms with Gasteiger partial charge in [0.15, 0.2) is 0 Å². The molecule has 0 unspecified atom stereocenters. The zero-order valence-electron chi connectivity index (χ0n) is 9.19. The Morgan fingerprint density at radius 3 is 2.93 bits per heavy atom. The molecule has 2 rings (SSSR count). The second-order valence-electron chi connectivity index (χ2n) is 3.92. The topological polar surface area (TPSA) is 44.1 Å². The van der Waals surface area contributed by atoms with Gasteiger partial charge in [-0.25, -0.2) is 4.79 Å². The molecule has 0 bridgehead atoms. The van der Waals surface area contributed by atoms with Crippen LogP contribution in [0.3, 0.4) is 0 Å². The van der Waals surface area contributed by atoms with Gasteiger partial charge in [-0.15, -0.1) is 0 Å². The molecule has 1 aliphatic carbocycles. The first-order valence-electron chi connectivity index (χ1n) is 5.45. The zero-order valence-corrected chi connectivity index (χ0v) is 9.19. The van der Waals surface area contributed by atoms with E-state index >= 15 is 0 Å². The minimum Gasteiger partial charge on any atom is -0.461 e. The Morgan fingerprint density at radius 2 is 2.40 bits per heavy atom. The van der Waals surface area contributed by atoms with Crippen molar-refractivity contribution in [2.75, 3.05) is 6.61 Å². The van der Waals surface area contributed by atoms with E-state index in [4.69, 9.17) is 4.74 Å². The lowest BCUT2D eigenvalue weighted by Gasteiger charge is -2.26. The molecule has 1 aromatic heterocycles. The molecule has 82 valence electrons. The van der Waals surface area contributed by atoms with Crippen molar-refractivity contribution in [3.8, 4) is 0 Å². The molecule has 0 N–H and O–H groups in total. The first-order chi connectivity index (χ1) is 7.22. The van der Waals surface area contributed by atoms with Crippen LogP contribution in [0.4, 0.5) is 0 Å². The molecule has 0 aromatic carbocycles. The first-order valence-corrected chi connectivity index (χ1v) is 5.45. The molecule has 0 amide bonds. The van der Waals surface area contributed by atoms with Crippen molar-refractivity contribution in [3.63, 3.8) is 0 Å². The fraction of sp³-hybridized carbons (Fsp3) is 0.636. The molecular formula is C11H16N2O2. The predicted octanol–water partition coefficient (Wildman–Crippen LogP) is 2.09. The summed E-state index contributed by atoms with van der Waals surface area (Å²) in [7, 11) is 0. The monoisotopic (exact) mass is 208 g/mol. The summed E-state index contributed by atoms with van der Waals surface area (Å²) in [5, 5.41) is 4.35. The summed E-state index contributed by atoms with van der Waals surface area (Å²) in [6.07, 6.45) is 3.47. The van der Waals surface area contributed by atoms with Crippen LogP contribution < -0.4 is 0 Å². The number of hydrogen-bond acceptors (Lipinski definition) is 3. The highest BCUT2D eigenvalue weighted by Gasteiger charge is 2.25. The van der Waals surface area contributed by atoms with Gasteiger partial charge < -0.3 is 4.74 Å². The first kappa shape index (κ1) is 10.2. The third-order valence-corrected chi connectivity index (χ3v) is 2.76. The maximum atomic E-state index is 11.6. The molecule has 0 spiro atoms. The highest BCUT2D eigenvalue weighted by atomic mass is 16.5. The standard InChI is InChI=1S/C11H16N2O2/c1-3-15-11(14)10-7-8(2)12-13(10)9-5-4-6-9/h7,9H,3-6H2,1-2H3. The lowest BCUT2D eigenvalue weighted by atomic mass is 9.93. The van der Waals surface area contributed by atoms with Crippen molar-refractivity contribution >= 4 is 5.97 Å². The van der Waals surface area contributed by atoms with Gasteiger partial charge in [-0.05, 0) is 39.2 Å². The van der Waals surface area contributed by atoms with E-state index in [1.807, 2.05) is 18.5 Å². The van der Waals surface area contributed by atoms with Crippen molar-refractivity contribution in [3.05, 3.63) is 17.5 Å². The molecule has 0 aliphatic heterocycles. The van der Waals surface area contributed by atoms with E-state index in [0.29, 0.717) is 18.3 Å². The quantitative estimate of drug-likeness (QED) is 0.714. The molecule has 4 nitrogen and oxygen atoms in total. The summed E-state index contributed by atoms with van der Waals surface area (Å²) < 4.78 is 6.83. The summed E-state index contributed by atoms with van der Waals surface area (Å²) in [5.41, 5.74) is 1.48. The number of hydrogen-bond donors (Lipinski definition) is 0. The van der Waals surface area contributed by atoms with E-state index < -0.39 is 0 Å². The minimum absolute atomic E-state index is 0.259. The SMILES string of the molecule is CCOC(=O)c1cc(C)nn1C1CCC1. The summed E-state index contributed by atoms with van der Waals surface area (Å²) in [6.45, 7) is 4.13. The smallest absolute Gasteiger partial charge is 0.356 e. The average molecular weight is 208 g/mol. The average Bonchev–Trinajstić information content (AvgIpc) is 2.45. The number of esters is 1. The lowest BCUT2D eigenvalue weighted by molar-refractivity contribution is 0.0504. The lowest BCUT2D eigenvalue weighted by Crippen LogP contribution is -2.23. The van der Waals surface area contributed by atoms with Crippen LogP contribution in [0.2, 0.25) is 0 Å². The molecule has 1 heterocycles. The molecule has 1 fully saturated rings. The van der Waals surface area contributed by atoms with Crippen LogP contribution in [0.25, 0.3) is 0 Å². The Bertz CT molecular complexity index is 367. The zero-order chi connectivity index (χ0) is 10.8. The number of carbonyl (C=O) groups excluding carboxylic acids is 1. The minimum atomic E-state index is -0.259. The molecule has 4 heteroatoms. The van der Waals surface area contributed by atoms with Gasteiger partial charge >= 0.3 is 5.97 Å². The number of rotatable bonds is 3. The Hall–Kier alpha value is -1.32. The van der Waals surface area contributed by atoms with Crippen molar-refractivity contribution in [2.45, 2.75) is 39.2 Å². The van der Waals surface area contributed by atoms with Gasteiger partial charge in [0.25, 0.3) is 0 Å². The maximum Gasteiger partial charge on any atom is 0.356 e. The van der Waals surface area contributed by atoms with Crippen LogP contribution in [0.1, 0.15) is 48.4 Å². The van der Waals surface area contributed by atoms with Crippen LogP contribution in [-0.2, 0) is 4.74 Å². The molecule has 0 radical (unpaired) electrons. The van der Waals surface area contributed by atoms with Gasteiger partial charge in [-0.3, -0.25) is 4.68 Å². The Labute approximate surface area is 89.2 Å². The number of ether oxygens (including phenoxy) is 1. The van der Waals surface area contributed by atoms with Crippen LogP contribution in [0.15, 0.2) is 6.07 Å². The van der Waals surface area contributed by atoms with Crippen LogP contribution in [0, 0.1) is 6.92 Å². The van der Waals surface area contributed by atoms with E-state index in [0.717, 1.165) is 18.5 Å². The number of aromatic nitrogens is 2. The van der Waals surface area contributed by atoms with Crippen molar-refractivity contribution in [2.24, 2.45) is 0 Å². The Balaban J connectivity index is 2.24. The second-order valence-corrected chi connectivity index (χ2v) is 3.92. The number of aryl methyl sites for hydroxylation is 1. The van der Waals surface area contributed by atoms with E-state index in [9.17, 15) is 4.79 Å². The predicted molar refractivity (Wildman–Crippen MR) is 55.8 cm³/mol. The highest BCUT2D eigenvalue weighted by molar-refractivity contribution is 5.87. The van der Waals surface area contributed by atoms with Gasteiger partial charge in [-0.1, -0.05) is 0 Å². The number of carbonyl (C=O) groups is 1. The van der Waals surface area contributed by atoms with E-state index in [1.54, 1.807) is 6.07 Å². The second kappa shape index (κ2) is 4.04. The fourth-order valence-corrected chi connectivity index (χ4v) is 1.78.